The summed E-state index contributed by atoms with van der Waals surface area (Å²) in [5, 5.41) is 3.21. The lowest BCUT2D eigenvalue weighted by Gasteiger charge is -2.16. The van der Waals surface area contributed by atoms with Gasteiger partial charge in [0.2, 0.25) is 5.91 Å². The van der Waals surface area contributed by atoms with Gasteiger partial charge >= 0.3 is 0 Å². The number of likely N-dealkylation sites (tertiary alicyclic amines) is 1. The average Bonchev–Trinajstić information content (AvgIpc) is 3.15. The summed E-state index contributed by atoms with van der Waals surface area (Å²) in [5.74, 6) is -0.115. The molecule has 0 spiro atoms. The molecule has 4 nitrogen and oxygen atoms in total. The molecule has 0 radical (unpaired) electrons. The molecule has 1 unspecified atom stereocenters. The first-order valence-corrected chi connectivity index (χ1v) is 7.66. The molecule has 1 saturated carbocycles. The molecule has 2 amide bonds. The molecule has 2 aliphatic rings. The van der Waals surface area contributed by atoms with E-state index in [0.717, 1.165) is 34.1 Å². The molecule has 20 heavy (non-hydrogen) atoms. The highest BCUT2D eigenvalue weighted by Gasteiger charge is 2.46. The normalized spacial score (nSPS) is 22.6. The first-order valence-electron chi connectivity index (χ1n) is 6.86. The second-order valence-corrected chi connectivity index (χ2v) is 6.45. The van der Waals surface area contributed by atoms with Crippen LogP contribution in [0.4, 0.5) is 5.69 Å². The lowest BCUT2D eigenvalue weighted by Crippen LogP contribution is -2.36. The smallest absolute Gasteiger partial charge is 0.252 e. The van der Waals surface area contributed by atoms with Crippen LogP contribution in [0.5, 0.6) is 0 Å². The quantitative estimate of drug-likeness (QED) is 0.863. The number of amides is 2. The Hall–Kier alpha value is -1.36. The van der Waals surface area contributed by atoms with Gasteiger partial charge in [0.25, 0.3) is 5.91 Å². The number of hydrogen-bond acceptors (Lipinski definition) is 3. The van der Waals surface area contributed by atoms with Crippen LogP contribution >= 0.6 is 15.9 Å². The number of carbonyl (C=O) groups is 2. The lowest BCUT2D eigenvalue weighted by atomic mass is 10.1. The number of nitrogens with zero attached hydrogens (tertiary/aromatic N) is 1. The topological polar surface area (TPSA) is 49.4 Å². The summed E-state index contributed by atoms with van der Waals surface area (Å²) in [4.78, 5) is 25.6. The van der Waals surface area contributed by atoms with E-state index in [1.807, 2.05) is 26.0 Å². The molecule has 1 N–H and O–H groups in total. The van der Waals surface area contributed by atoms with E-state index >= 15 is 0 Å². The van der Waals surface area contributed by atoms with Crippen molar-refractivity contribution in [2.75, 3.05) is 5.32 Å². The van der Waals surface area contributed by atoms with E-state index in [4.69, 9.17) is 0 Å². The highest BCUT2D eigenvalue weighted by molar-refractivity contribution is 9.10. The minimum Gasteiger partial charge on any atom is -0.373 e. The molecular formula is C15H17BrN2O2. The summed E-state index contributed by atoms with van der Waals surface area (Å²) in [5.41, 5.74) is 3.12. The molecule has 5 heteroatoms. The number of carbonyl (C=O) groups excluding carboxylic acids is 2. The predicted octanol–water partition coefficient (Wildman–Crippen LogP) is 2.77. The first kappa shape index (κ1) is 13.6. The van der Waals surface area contributed by atoms with Gasteiger partial charge in [-0.05, 0) is 49.9 Å². The maximum absolute atomic E-state index is 12.3. The van der Waals surface area contributed by atoms with Crippen LogP contribution in [0.2, 0.25) is 0 Å². The van der Waals surface area contributed by atoms with Crippen molar-refractivity contribution >= 4 is 33.4 Å². The Morgan fingerprint density at radius 3 is 2.35 bits per heavy atom. The molecule has 1 aromatic rings. The monoisotopic (exact) mass is 336 g/mol. The fourth-order valence-electron chi connectivity index (χ4n) is 2.71. The molecular weight excluding hydrogens is 320 g/mol. The Bertz CT molecular complexity index is 573. The molecule has 0 bridgehead atoms. The minimum absolute atomic E-state index is 0.0412. The van der Waals surface area contributed by atoms with Gasteiger partial charge in [0.05, 0.1) is 6.42 Å². The molecule has 3 rings (SSSR count). The van der Waals surface area contributed by atoms with Crippen LogP contribution in [0.1, 0.15) is 30.4 Å². The van der Waals surface area contributed by atoms with E-state index in [1.165, 1.54) is 4.90 Å². The van der Waals surface area contributed by atoms with Crippen LogP contribution < -0.4 is 5.32 Å². The minimum atomic E-state index is -0.414. The van der Waals surface area contributed by atoms with E-state index < -0.39 is 6.04 Å². The zero-order valence-electron chi connectivity index (χ0n) is 11.6. The highest BCUT2D eigenvalue weighted by atomic mass is 79.9. The maximum Gasteiger partial charge on any atom is 0.252 e. The number of aryl methyl sites for hydroxylation is 2. The summed E-state index contributed by atoms with van der Waals surface area (Å²) >= 11 is 3.53. The third-order valence-corrected chi connectivity index (χ3v) is 5.12. The van der Waals surface area contributed by atoms with Gasteiger partial charge in [-0.3, -0.25) is 14.5 Å². The maximum atomic E-state index is 12.3. The first-order chi connectivity index (χ1) is 9.47. The third kappa shape index (κ3) is 2.35. The lowest BCUT2D eigenvalue weighted by molar-refractivity contribution is -0.139. The summed E-state index contributed by atoms with van der Waals surface area (Å²) in [6.07, 6.45) is 2.19. The fourth-order valence-corrected chi connectivity index (χ4v) is 2.94. The molecule has 2 fully saturated rings. The van der Waals surface area contributed by atoms with Gasteiger partial charge in [0, 0.05) is 16.2 Å². The number of halogens is 1. The summed E-state index contributed by atoms with van der Waals surface area (Å²) < 4.78 is 1.08. The summed E-state index contributed by atoms with van der Waals surface area (Å²) in [6, 6.07) is 3.74. The Morgan fingerprint density at radius 2 is 1.80 bits per heavy atom. The van der Waals surface area contributed by atoms with Crippen LogP contribution in [-0.4, -0.2) is 28.8 Å². The molecule has 1 atom stereocenters. The van der Waals surface area contributed by atoms with Crippen LogP contribution in [0.25, 0.3) is 0 Å². The number of rotatable bonds is 3. The number of imide groups is 1. The van der Waals surface area contributed by atoms with Crippen molar-refractivity contribution in [1.29, 1.82) is 0 Å². The zero-order valence-corrected chi connectivity index (χ0v) is 13.2. The molecule has 106 valence electrons. The standard InChI is InChI=1S/C15H17BrN2O2/c1-8-5-10(6-9(2)14(8)16)17-12-7-13(19)18(15(12)20)11-3-4-11/h5-6,11-12,17H,3-4,7H2,1-2H3. The van der Waals surface area contributed by atoms with E-state index in [1.54, 1.807) is 0 Å². The highest BCUT2D eigenvalue weighted by Crippen LogP contribution is 2.33. The number of benzene rings is 1. The summed E-state index contributed by atoms with van der Waals surface area (Å²) in [6.45, 7) is 4.03. The van der Waals surface area contributed by atoms with Crippen molar-refractivity contribution in [3.63, 3.8) is 0 Å². The zero-order chi connectivity index (χ0) is 14.4. The number of nitrogens with one attached hydrogen (secondary N) is 1. The van der Waals surface area contributed by atoms with E-state index in [0.29, 0.717) is 0 Å². The van der Waals surface area contributed by atoms with Gasteiger partial charge in [-0.15, -0.1) is 0 Å². The van der Waals surface area contributed by atoms with Gasteiger partial charge in [-0.1, -0.05) is 15.9 Å². The second-order valence-electron chi connectivity index (χ2n) is 5.66. The van der Waals surface area contributed by atoms with Crippen LogP contribution in [0.15, 0.2) is 16.6 Å². The molecule has 1 saturated heterocycles. The molecule has 0 aromatic heterocycles. The SMILES string of the molecule is Cc1cc(NC2CC(=O)N(C3CC3)C2=O)cc(C)c1Br. The van der Waals surface area contributed by atoms with Crippen molar-refractivity contribution in [1.82, 2.24) is 4.90 Å². The Labute approximate surface area is 126 Å². The third-order valence-electron chi connectivity index (χ3n) is 3.87. The predicted molar refractivity (Wildman–Crippen MR) is 80.5 cm³/mol. The Balaban J connectivity index is 1.78. The van der Waals surface area contributed by atoms with Crippen molar-refractivity contribution in [3.8, 4) is 0 Å². The van der Waals surface area contributed by atoms with Crippen LogP contribution in [0, 0.1) is 13.8 Å². The fraction of sp³-hybridized carbons (Fsp3) is 0.467. The largest absolute Gasteiger partial charge is 0.373 e. The molecule has 1 aromatic carbocycles. The van der Waals surface area contributed by atoms with E-state index in [2.05, 4.69) is 21.2 Å². The average molecular weight is 337 g/mol. The van der Waals surface area contributed by atoms with Crippen molar-refractivity contribution in [3.05, 3.63) is 27.7 Å². The number of hydrogen-bond donors (Lipinski definition) is 1. The molecule has 1 aliphatic carbocycles. The summed E-state index contributed by atoms with van der Waals surface area (Å²) in [7, 11) is 0. The van der Waals surface area contributed by atoms with Crippen molar-refractivity contribution in [2.24, 2.45) is 0 Å². The van der Waals surface area contributed by atoms with Gasteiger partial charge < -0.3 is 5.32 Å². The Morgan fingerprint density at radius 1 is 1.20 bits per heavy atom. The van der Waals surface area contributed by atoms with E-state index in [-0.39, 0.29) is 24.3 Å². The van der Waals surface area contributed by atoms with Crippen LogP contribution in [0.3, 0.4) is 0 Å². The van der Waals surface area contributed by atoms with E-state index in [9.17, 15) is 9.59 Å². The van der Waals surface area contributed by atoms with Crippen LogP contribution in [-0.2, 0) is 9.59 Å². The second kappa shape index (κ2) is 4.88. The van der Waals surface area contributed by atoms with Crippen molar-refractivity contribution < 1.29 is 9.59 Å². The molecule has 1 aliphatic heterocycles. The molecule has 1 heterocycles. The van der Waals surface area contributed by atoms with Gasteiger partial charge in [0.15, 0.2) is 0 Å². The number of anilines is 1. The van der Waals surface area contributed by atoms with Gasteiger partial charge in [-0.2, -0.15) is 0 Å². The van der Waals surface area contributed by atoms with Gasteiger partial charge in [-0.25, -0.2) is 0 Å². The Kier molecular flexibility index (Phi) is 3.32. The van der Waals surface area contributed by atoms with Crippen molar-refractivity contribution in [2.45, 2.75) is 45.2 Å². The van der Waals surface area contributed by atoms with Gasteiger partial charge in [0.1, 0.15) is 6.04 Å².